The molecule has 0 bridgehead atoms. The number of aromatic nitrogens is 3. The number of hydrogen-bond acceptors (Lipinski definition) is 4. The van der Waals surface area contributed by atoms with Gasteiger partial charge in [-0.2, -0.15) is 0 Å². The summed E-state index contributed by atoms with van der Waals surface area (Å²) in [6.07, 6.45) is 0.453. The zero-order chi connectivity index (χ0) is 14.7. The molecule has 0 aliphatic rings. The summed E-state index contributed by atoms with van der Waals surface area (Å²) in [7, 11) is 0. The van der Waals surface area contributed by atoms with Gasteiger partial charge in [0.05, 0.1) is 0 Å². The zero-order valence-electron chi connectivity index (χ0n) is 11.7. The summed E-state index contributed by atoms with van der Waals surface area (Å²) in [5, 5.41) is 7.06. The second-order valence-corrected chi connectivity index (χ2v) is 5.66. The summed E-state index contributed by atoms with van der Waals surface area (Å²) in [4.78, 5) is 24.5. The maximum absolute atomic E-state index is 11.9. The third-order valence-corrected chi connectivity index (χ3v) is 3.94. The average molecular weight is 291 g/mol. The van der Waals surface area contributed by atoms with Crippen molar-refractivity contribution >= 4 is 17.5 Å². The van der Waals surface area contributed by atoms with Crippen LogP contribution in [-0.2, 0) is 0 Å². The maximum atomic E-state index is 11.9. The molecule has 0 aliphatic heterocycles. The number of aromatic amines is 1. The van der Waals surface area contributed by atoms with E-state index < -0.39 is 0 Å². The average Bonchev–Trinajstić information content (AvgIpc) is 2.79. The van der Waals surface area contributed by atoms with Crippen LogP contribution in [0.2, 0.25) is 0 Å². The van der Waals surface area contributed by atoms with Gasteiger partial charge in [0.25, 0.3) is 0 Å². The van der Waals surface area contributed by atoms with E-state index in [-0.39, 0.29) is 17.5 Å². The quantitative estimate of drug-likeness (QED) is 0.860. The fourth-order valence-corrected chi connectivity index (χ4v) is 3.01. The molecule has 1 heterocycles. The largest absolute Gasteiger partial charge is 0.344 e. The van der Waals surface area contributed by atoms with Crippen LogP contribution in [0.5, 0.6) is 0 Å². The van der Waals surface area contributed by atoms with E-state index in [0.29, 0.717) is 17.1 Å². The van der Waals surface area contributed by atoms with Crippen LogP contribution in [0.4, 0.5) is 0 Å². The van der Waals surface area contributed by atoms with Crippen LogP contribution < -0.4 is 5.69 Å². The second kappa shape index (κ2) is 6.09. The van der Waals surface area contributed by atoms with Crippen LogP contribution in [-0.4, -0.2) is 20.5 Å². The topological polar surface area (TPSA) is 67.8 Å². The van der Waals surface area contributed by atoms with Crippen molar-refractivity contribution in [2.45, 2.75) is 43.3 Å². The van der Waals surface area contributed by atoms with Crippen LogP contribution in [0, 0.1) is 0 Å². The van der Waals surface area contributed by atoms with Gasteiger partial charge in [0.1, 0.15) is 0 Å². The normalized spacial score (nSPS) is 11.0. The first kappa shape index (κ1) is 14.6. The van der Waals surface area contributed by atoms with E-state index in [2.05, 4.69) is 10.2 Å². The molecule has 106 valence electrons. The van der Waals surface area contributed by atoms with Gasteiger partial charge in [-0.3, -0.25) is 9.36 Å². The number of Topliss-reactive ketones (excluding diaryl/α,β-unsaturated/α-hetero) is 1. The predicted molar refractivity (Wildman–Crippen MR) is 78.4 cm³/mol. The van der Waals surface area contributed by atoms with Crippen LogP contribution >= 0.6 is 11.8 Å². The van der Waals surface area contributed by atoms with Crippen molar-refractivity contribution in [3.05, 3.63) is 40.3 Å². The molecule has 0 unspecified atom stereocenters. The molecule has 5 nitrogen and oxygen atoms in total. The highest BCUT2D eigenvalue weighted by molar-refractivity contribution is 7.99. The molecule has 0 aliphatic carbocycles. The Kier molecular flexibility index (Phi) is 4.44. The van der Waals surface area contributed by atoms with Gasteiger partial charge in [-0.25, -0.2) is 9.89 Å². The van der Waals surface area contributed by atoms with E-state index in [1.807, 2.05) is 39.0 Å². The van der Waals surface area contributed by atoms with Crippen molar-refractivity contribution in [3.63, 3.8) is 0 Å². The Balaban J connectivity index is 2.41. The Hall–Kier alpha value is -1.82. The van der Waals surface area contributed by atoms with E-state index in [1.54, 1.807) is 10.6 Å². The van der Waals surface area contributed by atoms with E-state index >= 15 is 0 Å². The molecule has 20 heavy (non-hydrogen) atoms. The monoisotopic (exact) mass is 291 g/mol. The molecule has 6 heteroatoms. The molecular weight excluding hydrogens is 274 g/mol. The van der Waals surface area contributed by atoms with E-state index in [0.717, 1.165) is 4.90 Å². The third-order valence-electron chi connectivity index (χ3n) is 2.90. The molecule has 2 rings (SSSR count). The predicted octanol–water partition coefficient (Wildman–Crippen LogP) is 2.90. The van der Waals surface area contributed by atoms with Crippen molar-refractivity contribution < 1.29 is 4.79 Å². The Morgan fingerprint density at radius 3 is 2.75 bits per heavy atom. The third kappa shape index (κ3) is 2.85. The minimum atomic E-state index is -0.234. The van der Waals surface area contributed by atoms with Crippen molar-refractivity contribution in [3.8, 4) is 0 Å². The molecule has 0 atom stereocenters. The van der Waals surface area contributed by atoms with Gasteiger partial charge < -0.3 is 0 Å². The van der Waals surface area contributed by atoms with E-state index in [4.69, 9.17) is 0 Å². The molecule has 0 spiro atoms. The minimum absolute atomic E-state index is 0.0118. The van der Waals surface area contributed by atoms with Crippen LogP contribution in [0.3, 0.4) is 0 Å². The lowest BCUT2D eigenvalue weighted by atomic mass is 10.1. The van der Waals surface area contributed by atoms with Gasteiger partial charge in [-0.05, 0) is 31.7 Å². The van der Waals surface area contributed by atoms with Crippen molar-refractivity contribution in [1.29, 1.82) is 0 Å². The molecule has 0 radical (unpaired) electrons. The first-order valence-corrected chi connectivity index (χ1v) is 7.33. The van der Waals surface area contributed by atoms with Crippen LogP contribution in [0.1, 0.15) is 43.6 Å². The van der Waals surface area contributed by atoms with Crippen molar-refractivity contribution in [2.24, 2.45) is 0 Å². The molecule has 0 saturated heterocycles. The smallest absolute Gasteiger partial charge is 0.294 e. The second-order valence-electron chi connectivity index (χ2n) is 4.65. The number of hydrogen-bond donors (Lipinski definition) is 1. The number of carbonyl (C=O) groups is 1. The lowest BCUT2D eigenvalue weighted by Crippen LogP contribution is -2.19. The molecular formula is C14H17N3O2S. The van der Waals surface area contributed by atoms with Gasteiger partial charge >= 0.3 is 5.69 Å². The number of nitrogens with zero attached hydrogens (tertiary/aromatic N) is 2. The Labute approximate surface area is 121 Å². The zero-order valence-corrected chi connectivity index (χ0v) is 12.5. The molecule has 1 N–H and O–H groups in total. The highest BCUT2D eigenvalue weighted by Crippen LogP contribution is 2.30. The Morgan fingerprint density at radius 2 is 2.10 bits per heavy atom. The van der Waals surface area contributed by atoms with Gasteiger partial charge in [-0.1, -0.05) is 25.1 Å². The first-order chi connectivity index (χ1) is 9.54. The molecule has 0 fully saturated rings. The highest BCUT2D eigenvalue weighted by atomic mass is 32.2. The number of nitrogens with one attached hydrogen (secondary N) is 1. The number of H-pyrrole nitrogens is 1. The summed E-state index contributed by atoms with van der Waals surface area (Å²) in [5.74, 6) is 0.0853. The first-order valence-electron chi connectivity index (χ1n) is 6.51. The van der Waals surface area contributed by atoms with Gasteiger partial charge in [0.15, 0.2) is 10.9 Å². The standard InChI is InChI=1S/C14H17N3O2S/c1-4-11(18)10-7-5-6-8-12(10)20-14-16-15-13(19)17(14)9(2)3/h5-9H,4H2,1-3H3,(H,15,19). The molecule has 1 aromatic heterocycles. The lowest BCUT2D eigenvalue weighted by Gasteiger charge is -2.10. The lowest BCUT2D eigenvalue weighted by molar-refractivity contribution is 0.0985. The highest BCUT2D eigenvalue weighted by Gasteiger charge is 2.16. The summed E-state index contributed by atoms with van der Waals surface area (Å²) in [6, 6.07) is 7.40. The van der Waals surface area contributed by atoms with Crippen LogP contribution in [0.15, 0.2) is 39.1 Å². The Morgan fingerprint density at radius 1 is 1.40 bits per heavy atom. The number of benzene rings is 1. The molecule has 0 saturated carbocycles. The molecule has 1 aromatic carbocycles. The van der Waals surface area contributed by atoms with E-state index in [1.165, 1.54) is 11.8 Å². The summed E-state index contributed by atoms with van der Waals surface area (Å²) in [5.41, 5.74) is 0.438. The summed E-state index contributed by atoms with van der Waals surface area (Å²) in [6.45, 7) is 5.68. The number of ketones is 1. The fraction of sp³-hybridized carbons (Fsp3) is 0.357. The van der Waals surface area contributed by atoms with E-state index in [9.17, 15) is 9.59 Å². The maximum Gasteiger partial charge on any atom is 0.344 e. The SMILES string of the molecule is CCC(=O)c1ccccc1Sc1n[nH]c(=O)n1C(C)C. The minimum Gasteiger partial charge on any atom is -0.294 e. The van der Waals surface area contributed by atoms with Gasteiger partial charge in [0, 0.05) is 22.9 Å². The Bertz CT molecular complexity index is 673. The van der Waals surface area contributed by atoms with Crippen molar-refractivity contribution in [1.82, 2.24) is 14.8 Å². The summed E-state index contributed by atoms with van der Waals surface area (Å²) >= 11 is 1.33. The number of carbonyl (C=O) groups excluding carboxylic acids is 1. The number of rotatable bonds is 5. The van der Waals surface area contributed by atoms with Gasteiger partial charge in [-0.15, -0.1) is 5.10 Å². The summed E-state index contributed by atoms with van der Waals surface area (Å²) < 4.78 is 1.58. The fourth-order valence-electron chi connectivity index (χ4n) is 1.89. The van der Waals surface area contributed by atoms with Crippen molar-refractivity contribution in [2.75, 3.05) is 0 Å². The van der Waals surface area contributed by atoms with Crippen LogP contribution in [0.25, 0.3) is 0 Å². The molecule has 0 amide bonds. The molecule has 2 aromatic rings. The van der Waals surface area contributed by atoms with Gasteiger partial charge in [0.2, 0.25) is 0 Å².